The number of fused-ring (bicyclic) bond motifs is 1. The number of nitrogens with zero attached hydrogens (tertiary/aromatic N) is 4. The summed E-state index contributed by atoms with van der Waals surface area (Å²) in [7, 11) is 0. The molecule has 2 aromatic heterocycles. The molecule has 0 amide bonds. The molecule has 12 heteroatoms. The summed E-state index contributed by atoms with van der Waals surface area (Å²) in [6.07, 6.45) is -0.843. The first-order chi connectivity index (χ1) is 10.5. The highest BCUT2D eigenvalue weighted by Crippen LogP contribution is 2.30. The number of ether oxygens (including phenoxy) is 1. The lowest BCUT2D eigenvalue weighted by Crippen LogP contribution is -2.24. The van der Waals surface area contributed by atoms with Gasteiger partial charge in [0.15, 0.2) is 16.2 Å². The zero-order valence-electron chi connectivity index (χ0n) is 11.0. The second kappa shape index (κ2) is 5.32. The first-order valence-corrected chi connectivity index (χ1v) is 6.32. The molecule has 1 saturated heterocycles. The number of nitrogens with one attached hydrogen (secondary N) is 2. The van der Waals surface area contributed by atoms with Gasteiger partial charge >= 0.3 is 0 Å². The van der Waals surface area contributed by atoms with Gasteiger partial charge in [-0.2, -0.15) is 4.98 Å². The number of hydrogen-bond donors (Lipinski definition) is 4. The van der Waals surface area contributed by atoms with Crippen molar-refractivity contribution < 1.29 is 20.0 Å². The average molecular weight is 312 g/mol. The van der Waals surface area contributed by atoms with Gasteiger partial charge in [0, 0.05) is 6.42 Å². The Morgan fingerprint density at radius 3 is 3.05 bits per heavy atom. The van der Waals surface area contributed by atoms with Gasteiger partial charge in [0.05, 0.1) is 19.0 Å². The standard InChI is InChI=1S/C10H12N6O6/c17-2-5-4(18)1-6(22-5)15-3-11-7-8(15)12-10(13-9(7)19)14-16(20)21/h3-6,17-18H,1-2H2,(H2,12,13,14,19)/t4?,5-,6-/m1/s1. The number of aromatic amines is 1. The van der Waals surface area contributed by atoms with E-state index >= 15 is 0 Å². The van der Waals surface area contributed by atoms with Crippen molar-refractivity contribution in [2.75, 3.05) is 12.0 Å². The van der Waals surface area contributed by atoms with Gasteiger partial charge in [0.2, 0.25) is 0 Å². The fourth-order valence-corrected chi connectivity index (χ4v) is 2.33. The third kappa shape index (κ3) is 2.38. The summed E-state index contributed by atoms with van der Waals surface area (Å²) in [5.74, 6) is -0.346. The second-order valence-electron chi connectivity index (χ2n) is 4.72. The summed E-state index contributed by atoms with van der Waals surface area (Å²) in [5, 5.41) is 28.4. The fraction of sp³-hybridized carbons (Fsp3) is 0.500. The monoisotopic (exact) mass is 312 g/mol. The molecule has 3 atom stereocenters. The number of rotatable bonds is 4. The molecule has 0 radical (unpaired) electrons. The third-order valence-corrected chi connectivity index (χ3v) is 3.32. The molecular weight excluding hydrogens is 300 g/mol. The van der Waals surface area contributed by atoms with E-state index in [1.807, 2.05) is 0 Å². The minimum Gasteiger partial charge on any atom is -0.394 e. The lowest BCUT2D eigenvalue weighted by molar-refractivity contribution is -0.446. The summed E-state index contributed by atoms with van der Waals surface area (Å²) in [6.45, 7) is -0.355. The van der Waals surface area contributed by atoms with Gasteiger partial charge in [-0.25, -0.2) is 15.1 Å². The van der Waals surface area contributed by atoms with Crippen molar-refractivity contribution >= 4 is 17.1 Å². The normalized spacial score (nSPS) is 24.7. The summed E-state index contributed by atoms with van der Waals surface area (Å²) in [4.78, 5) is 32.3. The minimum absolute atomic E-state index is 0.0144. The number of H-pyrrole nitrogens is 1. The quantitative estimate of drug-likeness (QED) is 0.382. The number of nitro groups is 1. The molecule has 1 aliphatic heterocycles. The number of aliphatic hydroxyl groups is 2. The lowest BCUT2D eigenvalue weighted by atomic mass is 10.2. The third-order valence-electron chi connectivity index (χ3n) is 3.32. The van der Waals surface area contributed by atoms with Crippen LogP contribution in [-0.4, -0.2) is 53.6 Å². The Morgan fingerprint density at radius 1 is 1.64 bits per heavy atom. The molecule has 4 N–H and O–H groups in total. The predicted molar refractivity (Wildman–Crippen MR) is 70.4 cm³/mol. The number of anilines is 1. The molecule has 0 saturated carbocycles. The van der Waals surface area contributed by atoms with E-state index < -0.39 is 29.0 Å². The van der Waals surface area contributed by atoms with Crippen molar-refractivity contribution in [1.29, 1.82) is 0 Å². The van der Waals surface area contributed by atoms with Crippen LogP contribution in [0.2, 0.25) is 0 Å². The van der Waals surface area contributed by atoms with Crippen LogP contribution in [0.1, 0.15) is 12.6 Å². The Labute approximate surface area is 121 Å². The van der Waals surface area contributed by atoms with E-state index in [1.54, 1.807) is 5.43 Å². The van der Waals surface area contributed by atoms with Crippen LogP contribution in [-0.2, 0) is 4.74 Å². The van der Waals surface area contributed by atoms with E-state index in [1.165, 1.54) is 10.9 Å². The largest absolute Gasteiger partial charge is 0.394 e. The number of aromatic nitrogens is 4. The number of imidazole rings is 1. The minimum atomic E-state index is -0.870. The van der Waals surface area contributed by atoms with E-state index in [4.69, 9.17) is 9.84 Å². The second-order valence-corrected chi connectivity index (χ2v) is 4.72. The van der Waals surface area contributed by atoms with Crippen LogP contribution >= 0.6 is 0 Å². The Kier molecular flexibility index (Phi) is 3.48. The Bertz CT molecular complexity index is 771. The highest BCUT2D eigenvalue weighted by atomic mass is 16.7. The van der Waals surface area contributed by atoms with Crippen molar-refractivity contribution in [1.82, 2.24) is 19.5 Å². The molecule has 12 nitrogen and oxygen atoms in total. The molecule has 3 rings (SSSR count). The number of aliphatic hydroxyl groups excluding tert-OH is 2. The van der Waals surface area contributed by atoms with Crippen LogP contribution in [0.4, 0.5) is 5.95 Å². The Morgan fingerprint density at radius 2 is 2.41 bits per heavy atom. The van der Waals surface area contributed by atoms with Gasteiger partial charge in [-0.05, 0) is 0 Å². The van der Waals surface area contributed by atoms with Gasteiger partial charge in [0.1, 0.15) is 12.3 Å². The summed E-state index contributed by atoms with van der Waals surface area (Å²) >= 11 is 0. The van der Waals surface area contributed by atoms with Crippen molar-refractivity contribution in [3.05, 3.63) is 26.8 Å². The van der Waals surface area contributed by atoms with Gasteiger partial charge in [-0.1, -0.05) is 5.43 Å². The Hall–Kier alpha value is -2.57. The Balaban J connectivity index is 2.02. The maximum absolute atomic E-state index is 11.8. The predicted octanol–water partition coefficient (Wildman–Crippen LogP) is -1.64. The molecule has 0 aromatic carbocycles. The fourth-order valence-electron chi connectivity index (χ4n) is 2.33. The summed E-state index contributed by atoms with van der Waals surface area (Å²) in [6, 6.07) is 0. The zero-order valence-corrected chi connectivity index (χ0v) is 11.0. The van der Waals surface area contributed by atoms with Crippen molar-refractivity contribution in [3.8, 4) is 0 Å². The van der Waals surface area contributed by atoms with Crippen molar-refractivity contribution in [3.63, 3.8) is 0 Å². The van der Waals surface area contributed by atoms with Crippen LogP contribution in [0.15, 0.2) is 11.1 Å². The van der Waals surface area contributed by atoms with Gasteiger partial charge < -0.3 is 14.9 Å². The molecule has 1 unspecified atom stereocenters. The maximum atomic E-state index is 11.8. The molecule has 118 valence electrons. The van der Waals surface area contributed by atoms with Crippen LogP contribution in [0.25, 0.3) is 11.2 Å². The van der Waals surface area contributed by atoms with Gasteiger partial charge in [-0.15, -0.1) is 0 Å². The molecule has 0 aliphatic carbocycles. The SMILES string of the molecule is O=c1[nH]c(N[N+](=O)[O-])nc2c1ncn2[C@H]1CC(O)[C@@H](CO)O1. The molecule has 22 heavy (non-hydrogen) atoms. The van der Waals surface area contributed by atoms with Crippen LogP contribution < -0.4 is 11.0 Å². The smallest absolute Gasteiger partial charge is 0.280 e. The number of hydrazine groups is 1. The molecule has 1 fully saturated rings. The molecule has 0 bridgehead atoms. The van der Waals surface area contributed by atoms with E-state index in [2.05, 4.69) is 15.0 Å². The van der Waals surface area contributed by atoms with E-state index in [0.29, 0.717) is 0 Å². The van der Waals surface area contributed by atoms with Crippen molar-refractivity contribution in [2.24, 2.45) is 0 Å². The highest BCUT2D eigenvalue weighted by Gasteiger charge is 2.35. The number of hydrogen-bond acceptors (Lipinski definition) is 8. The maximum Gasteiger partial charge on any atom is 0.280 e. The highest BCUT2D eigenvalue weighted by molar-refractivity contribution is 5.70. The first kappa shape index (κ1) is 14.4. The summed E-state index contributed by atoms with van der Waals surface area (Å²) in [5.41, 5.74) is 1.17. The zero-order chi connectivity index (χ0) is 15.9. The van der Waals surface area contributed by atoms with Gasteiger partial charge in [-0.3, -0.25) is 14.3 Å². The molecule has 0 spiro atoms. The van der Waals surface area contributed by atoms with Gasteiger partial charge in [0.25, 0.3) is 11.5 Å². The van der Waals surface area contributed by atoms with E-state index in [9.17, 15) is 20.0 Å². The molecule has 1 aliphatic rings. The lowest BCUT2D eigenvalue weighted by Gasteiger charge is -2.13. The molecule has 3 heterocycles. The van der Waals surface area contributed by atoms with Crippen LogP contribution in [0.5, 0.6) is 0 Å². The van der Waals surface area contributed by atoms with E-state index in [-0.39, 0.29) is 30.1 Å². The van der Waals surface area contributed by atoms with Crippen LogP contribution in [0, 0.1) is 10.1 Å². The first-order valence-electron chi connectivity index (χ1n) is 6.32. The summed E-state index contributed by atoms with van der Waals surface area (Å²) < 4.78 is 6.84. The molecular formula is C10H12N6O6. The average Bonchev–Trinajstić information content (AvgIpc) is 3.01. The molecule has 2 aromatic rings. The topological polar surface area (TPSA) is 168 Å². The van der Waals surface area contributed by atoms with E-state index in [0.717, 1.165) is 0 Å². The van der Waals surface area contributed by atoms with Crippen molar-refractivity contribution in [2.45, 2.75) is 24.9 Å². The van der Waals surface area contributed by atoms with Crippen LogP contribution in [0.3, 0.4) is 0 Å².